The van der Waals surface area contributed by atoms with Crippen LogP contribution in [0.2, 0.25) is 0 Å². The first-order valence-corrected chi connectivity index (χ1v) is 9.49. The van der Waals surface area contributed by atoms with Gasteiger partial charge in [0.25, 0.3) is 10.0 Å². The van der Waals surface area contributed by atoms with Gasteiger partial charge in [-0.25, -0.2) is 17.5 Å². The molecule has 0 amide bonds. The van der Waals surface area contributed by atoms with Crippen LogP contribution >= 0.6 is 11.3 Å². The summed E-state index contributed by atoms with van der Waals surface area (Å²) < 4.78 is 30.5. The van der Waals surface area contributed by atoms with E-state index in [-0.39, 0.29) is 10.2 Å². The molecule has 0 bridgehead atoms. The highest BCUT2D eigenvalue weighted by molar-refractivity contribution is 7.91. The third-order valence-electron chi connectivity index (χ3n) is 3.42. The van der Waals surface area contributed by atoms with Crippen molar-refractivity contribution in [3.05, 3.63) is 52.9 Å². The number of thiophene rings is 1. The lowest BCUT2D eigenvalue weighted by atomic mass is 10.1. The summed E-state index contributed by atoms with van der Waals surface area (Å²) in [7, 11) is 0.896. The number of hydrogen-bond donors (Lipinski definition) is 1. The fraction of sp³-hybridized carbons (Fsp3) is 0.312. The van der Waals surface area contributed by atoms with Crippen LogP contribution in [-0.2, 0) is 26.1 Å². The van der Waals surface area contributed by atoms with E-state index in [1.807, 2.05) is 30.3 Å². The number of carbonyl (C=O) groups is 1. The second kappa shape index (κ2) is 7.89. The van der Waals surface area contributed by atoms with Gasteiger partial charge in [0.1, 0.15) is 10.3 Å². The Hall–Kier alpha value is -1.74. The number of esters is 1. The van der Waals surface area contributed by atoms with E-state index < -0.39 is 16.1 Å². The molecule has 0 saturated heterocycles. The van der Waals surface area contributed by atoms with Crippen LogP contribution in [0.5, 0.6) is 0 Å². The molecule has 24 heavy (non-hydrogen) atoms. The van der Waals surface area contributed by atoms with Crippen molar-refractivity contribution in [2.75, 3.05) is 21.2 Å². The Kier molecular flexibility index (Phi) is 6.11. The number of methoxy groups -OCH3 is 1. The number of rotatable bonds is 7. The fourth-order valence-electron chi connectivity index (χ4n) is 2.08. The van der Waals surface area contributed by atoms with Gasteiger partial charge >= 0.3 is 5.97 Å². The quantitative estimate of drug-likeness (QED) is 0.757. The Balaban J connectivity index is 2.13. The van der Waals surface area contributed by atoms with Crippen LogP contribution in [0.25, 0.3) is 0 Å². The maximum Gasteiger partial charge on any atom is 0.327 e. The Morgan fingerprint density at radius 1 is 1.21 bits per heavy atom. The maximum absolute atomic E-state index is 12.1. The number of benzene rings is 1. The molecule has 0 fully saturated rings. The molecule has 1 N–H and O–H groups in total. The summed E-state index contributed by atoms with van der Waals surface area (Å²) in [5.74, 6) is -0.390. The van der Waals surface area contributed by atoms with Gasteiger partial charge in [-0.05, 0) is 17.7 Å². The molecule has 1 aromatic heterocycles. The van der Waals surface area contributed by atoms with Crippen molar-refractivity contribution < 1.29 is 17.9 Å². The molecule has 8 heteroatoms. The average molecular weight is 368 g/mol. The van der Waals surface area contributed by atoms with Crippen LogP contribution in [0.1, 0.15) is 16.5 Å². The van der Waals surface area contributed by atoms with Crippen molar-refractivity contribution in [2.45, 2.75) is 16.8 Å². The van der Waals surface area contributed by atoms with Crippen LogP contribution in [0, 0.1) is 0 Å². The van der Waals surface area contributed by atoms with Gasteiger partial charge in [0.15, 0.2) is 0 Å². The molecule has 2 rings (SSSR count). The molecule has 0 aliphatic heterocycles. The van der Waals surface area contributed by atoms with E-state index in [0.717, 1.165) is 10.4 Å². The van der Waals surface area contributed by atoms with Crippen LogP contribution in [0.4, 0.5) is 0 Å². The summed E-state index contributed by atoms with van der Waals surface area (Å²) in [6.45, 7) is 0.363. The van der Waals surface area contributed by atoms with Gasteiger partial charge in [0.2, 0.25) is 0 Å². The van der Waals surface area contributed by atoms with Crippen molar-refractivity contribution in [1.29, 1.82) is 0 Å². The first-order chi connectivity index (χ1) is 11.4. The number of ether oxygens (including phenoxy) is 1. The van der Waals surface area contributed by atoms with Gasteiger partial charge < -0.3 is 4.74 Å². The largest absolute Gasteiger partial charge is 0.468 e. The van der Waals surface area contributed by atoms with Crippen LogP contribution < -0.4 is 5.32 Å². The van der Waals surface area contributed by atoms with E-state index in [4.69, 9.17) is 4.74 Å². The lowest BCUT2D eigenvalue weighted by molar-refractivity contribution is -0.143. The van der Waals surface area contributed by atoms with Gasteiger partial charge in [-0.3, -0.25) is 5.32 Å². The van der Waals surface area contributed by atoms with E-state index in [2.05, 4.69) is 5.32 Å². The predicted octanol–water partition coefficient (Wildman–Crippen LogP) is 2.00. The van der Waals surface area contributed by atoms with Crippen molar-refractivity contribution in [3.8, 4) is 0 Å². The van der Waals surface area contributed by atoms with Gasteiger partial charge in [0, 0.05) is 25.5 Å². The zero-order valence-electron chi connectivity index (χ0n) is 13.7. The van der Waals surface area contributed by atoms with E-state index in [1.54, 1.807) is 12.1 Å². The molecule has 2 aromatic rings. The molecule has 0 radical (unpaired) electrons. The van der Waals surface area contributed by atoms with Crippen molar-refractivity contribution in [3.63, 3.8) is 0 Å². The van der Waals surface area contributed by atoms with E-state index in [0.29, 0.717) is 6.54 Å². The Bertz CT molecular complexity index is 785. The number of hydrogen-bond acceptors (Lipinski definition) is 6. The molecule has 1 heterocycles. The van der Waals surface area contributed by atoms with Crippen molar-refractivity contribution in [1.82, 2.24) is 9.62 Å². The number of carbonyl (C=O) groups excluding carboxylic acids is 1. The van der Waals surface area contributed by atoms with E-state index >= 15 is 0 Å². The zero-order chi connectivity index (χ0) is 17.7. The zero-order valence-corrected chi connectivity index (χ0v) is 15.4. The lowest BCUT2D eigenvalue weighted by Gasteiger charge is -2.16. The Morgan fingerprint density at radius 2 is 1.88 bits per heavy atom. The molecule has 0 aliphatic carbocycles. The number of nitrogens with one attached hydrogen (secondary N) is 1. The monoisotopic (exact) mass is 368 g/mol. The third kappa shape index (κ3) is 4.21. The minimum atomic E-state index is -3.44. The van der Waals surface area contributed by atoms with Crippen LogP contribution in [-0.4, -0.2) is 39.9 Å². The summed E-state index contributed by atoms with van der Waals surface area (Å²) in [6, 6.07) is 12.0. The molecule has 130 valence electrons. The summed E-state index contributed by atoms with van der Waals surface area (Å²) in [6.07, 6.45) is 0. The summed E-state index contributed by atoms with van der Waals surface area (Å²) >= 11 is 1.18. The fourth-order valence-corrected chi connectivity index (χ4v) is 4.55. The summed E-state index contributed by atoms with van der Waals surface area (Å²) in [5, 5.41) is 3.12. The highest BCUT2D eigenvalue weighted by atomic mass is 32.2. The van der Waals surface area contributed by atoms with Crippen LogP contribution in [0.3, 0.4) is 0 Å². The third-order valence-corrected chi connectivity index (χ3v) is 6.79. The molecule has 0 saturated carbocycles. The van der Waals surface area contributed by atoms with E-state index in [1.165, 1.54) is 36.8 Å². The molecular weight excluding hydrogens is 348 g/mol. The highest BCUT2D eigenvalue weighted by Crippen LogP contribution is 2.24. The second-order valence-electron chi connectivity index (χ2n) is 5.26. The SMILES string of the molecule is COC(=O)[C@@H](NCc1ccc(S(=O)(=O)N(C)C)s1)c1ccccc1. The van der Waals surface area contributed by atoms with Crippen LogP contribution in [0.15, 0.2) is 46.7 Å². The molecular formula is C16H20N2O4S2. The summed E-state index contributed by atoms with van der Waals surface area (Å²) in [5.41, 5.74) is 0.794. The molecule has 1 atom stereocenters. The average Bonchev–Trinajstić information content (AvgIpc) is 3.05. The Labute approximate surface area is 146 Å². The minimum absolute atomic E-state index is 0.277. The molecule has 1 aromatic carbocycles. The van der Waals surface area contributed by atoms with Gasteiger partial charge in [-0.2, -0.15) is 0 Å². The second-order valence-corrected chi connectivity index (χ2v) is 8.80. The standard InChI is InChI=1S/C16H20N2O4S2/c1-18(2)24(20,21)14-10-9-13(23-14)11-17-15(16(19)22-3)12-7-5-4-6-8-12/h4-10,15,17H,11H2,1-3H3/t15-/m0/s1. The van der Waals surface area contributed by atoms with Gasteiger partial charge in [-0.1, -0.05) is 30.3 Å². The topological polar surface area (TPSA) is 75.7 Å². The van der Waals surface area contributed by atoms with Crippen molar-refractivity contribution >= 4 is 27.3 Å². The maximum atomic E-state index is 12.1. The van der Waals surface area contributed by atoms with Gasteiger partial charge in [-0.15, -0.1) is 11.3 Å². The first kappa shape index (κ1) is 18.6. The first-order valence-electron chi connectivity index (χ1n) is 7.23. The predicted molar refractivity (Wildman–Crippen MR) is 93.2 cm³/mol. The normalized spacial score (nSPS) is 13.0. The molecule has 0 spiro atoms. The number of nitrogens with zero attached hydrogens (tertiary/aromatic N) is 1. The minimum Gasteiger partial charge on any atom is -0.468 e. The number of sulfonamides is 1. The van der Waals surface area contributed by atoms with E-state index in [9.17, 15) is 13.2 Å². The Morgan fingerprint density at radius 3 is 2.46 bits per heavy atom. The lowest BCUT2D eigenvalue weighted by Crippen LogP contribution is -2.29. The highest BCUT2D eigenvalue weighted by Gasteiger charge is 2.22. The molecule has 0 unspecified atom stereocenters. The van der Waals surface area contributed by atoms with Gasteiger partial charge in [0.05, 0.1) is 7.11 Å². The summed E-state index contributed by atoms with van der Waals surface area (Å²) in [4.78, 5) is 12.8. The smallest absolute Gasteiger partial charge is 0.327 e. The molecule has 0 aliphatic rings. The molecule has 6 nitrogen and oxygen atoms in total. The van der Waals surface area contributed by atoms with Crippen molar-refractivity contribution in [2.24, 2.45) is 0 Å².